The zero-order valence-electron chi connectivity index (χ0n) is 18.2. The number of anilines is 1. The number of thioether (sulfide) groups is 2. The van der Waals surface area contributed by atoms with Crippen LogP contribution < -0.4 is 16.0 Å². The molecule has 2 saturated heterocycles. The van der Waals surface area contributed by atoms with Gasteiger partial charge in [-0.05, 0) is 31.2 Å². The molecule has 14 heteroatoms. The third-order valence-electron chi connectivity index (χ3n) is 4.44. The molecule has 3 amide bonds. The van der Waals surface area contributed by atoms with Crippen LogP contribution in [0.1, 0.15) is 30.1 Å². The monoisotopic (exact) mass is 507 g/mol. The standard InChI is InChI=1S/C20H21N5O7S2/c1-3-32-18(29)10-4-6-11(7-5-10)21-14(26)8-13-17(28)23-19(33-13)25-24-16-12(9-15(27)31-2)34-20(30)22-16/h4-7,12-13H,3,8-9H2,1-2H3,(H,21,26)(H,22,24,30)(H,23,25,28)/t12-,13-/m0/s1. The van der Waals surface area contributed by atoms with Crippen LogP contribution in [-0.2, 0) is 23.9 Å². The van der Waals surface area contributed by atoms with Gasteiger partial charge in [0.2, 0.25) is 11.8 Å². The molecule has 12 nitrogen and oxygen atoms in total. The molecule has 0 spiro atoms. The van der Waals surface area contributed by atoms with Crippen LogP contribution >= 0.6 is 23.5 Å². The first kappa shape index (κ1) is 25.2. The van der Waals surface area contributed by atoms with Crippen LogP contribution in [0.4, 0.5) is 10.5 Å². The number of ether oxygens (including phenoxy) is 2. The maximum absolute atomic E-state index is 12.4. The van der Waals surface area contributed by atoms with Gasteiger partial charge in [-0.3, -0.25) is 19.2 Å². The predicted molar refractivity (Wildman–Crippen MR) is 127 cm³/mol. The highest BCUT2D eigenvalue weighted by molar-refractivity contribution is 8.15. The average molecular weight is 508 g/mol. The van der Waals surface area contributed by atoms with E-state index >= 15 is 0 Å². The lowest BCUT2D eigenvalue weighted by molar-refractivity contribution is -0.140. The fraction of sp³-hybridized carbons (Fsp3) is 0.350. The third-order valence-corrected chi connectivity index (χ3v) is 6.50. The summed E-state index contributed by atoms with van der Waals surface area (Å²) in [5, 5.41) is 14.1. The molecule has 0 aliphatic carbocycles. The van der Waals surface area contributed by atoms with Crippen molar-refractivity contribution in [1.29, 1.82) is 0 Å². The van der Waals surface area contributed by atoms with Crippen molar-refractivity contribution in [2.45, 2.75) is 30.3 Å². The van der Waals surface area contributed by atoms with Crippen molar-refractivity contribution in [3.8, 4) is 0 Å². The Balaban J connectivity index is 1.56. The minimum absolute atomic E-state index is 0.0628. The number of methoxy groups -OCH3 is 1. The van der Waals surface area contributed by atoms with Gasteiger partial charge in [0, 0.05) is 12.1 Å². The van der Waals surface area contributed by atoms with Crippen molar-refractivity contribution in [1.82, 2.24) is 10.6 Å². The number of nitrogens with one attached hydrogen (secondary N) is 3. The molecule has 0 unspecified atom stereocenters. The second kappa shape index (κ2) is 11.7. The summed E-state index contributed by atoms with van der Waals surface area (Å²) in [5.74, 6) is -1.59. The molecule has 0 radical (unpaired) electrons. The molecule has 34 heavy (non-hydrogen) atoms. The zero-order chi connectivity index (χ0) is 24.7. The number of carbonyl (C=O) groups excluding carboxylic acids is 5. The molecule has 2 aliphatic rings. The van der Waals surface area contributed by atoms with Crippen LogP contribution in [-0.4, -0.2) is 64.2 Å². The van der Waals surface area contributed by atoms with Gasteiger partial charge < -0.3 is 25.4 Å². The molecule has 1 aromatic rings. The molecule has 180 valence electrons. The van der Waals surface area contributed by atoms with Gasteiger partial charge in [-0.2, -0.15) is 0 Å². The summed E-state index contributed by atoms with van der Waals surface area (Å²) in [5.41, 5.74) is 0.826. The highest BCUT2D eigenvalue weighted by Gasteiger charge is 2.34. The lowest BCUT2D eigenvalue weighted by atomic mass is 10.2. The molecule has 1 aromatic carbocycles. The topological polar surface area (TPSA) is 165 Å². The minimum atomic E-state index is -0.726. The van der Waals surface area contributed by atoms with E-state index in [9.17, 15) is 24.0 Å². The van der Waals surface area contributed by atoms with Gasteiger partial charge in [-0.25, -0.2) is 4.79 Å². The van der Waals surface area contributed by atoms with Crippen LogP contribution in [0.25, 0.3) is 0 Å². The van der Waals surface area contributed by atoms with Gasteiger partial charge in [0.15, 0.2) is 5.17 Å². The van der Waals surface area contributed by atoms with Gasteiger partial charge in [0.1, 0.15) is 11.1 Å². The molecule has 0 bridgehead atoms. The lowest BCUT2D eigenvalue weighted by Gasteiger charge is -2.08. The molecule has 2 aliphatic heterocycles. The van der Waals surface area contributed by atoms with Gasteiger partial charge >= 0.3 is 11.9 Å². The quantitative estimate of drug-likeness (QED) is 0.349. The summed E-state index contributed by atoms with van der Waals surface area (Å²) in [6, 6.07) is 6.19. The van der Waals surface area contributed by atoms with Gasteiger partial charge in [-0.1, -0.05) is 23.5 Å². The number of hydrogen-bond acceptors (Lipinski definition) is 11. The van der Waals surface area contributed by atoms with Crippen LogP contribution in [0.2, 0.25) is 0 Å². The van der Waals surface area contributed by atoms with Crippen molar-refractivity contribution in [3.05, 3.63) is 29.8 Å². The van der Waals surface area contributed by atoms with E-state index in [2.05, 4.69) is 30.9 Å². The second-order valence-corrected chi connectivity index (χ2v) is 9.20. The van der Waals surface area contributed by atoms with E-state index in [0.717, 1.165) is 23.5 Å². The van der Waals surface area contributed by atoms with Gasteiger partial charge in [-0.15, -0.1) is 10.2 Å². The van der Waals surface area contributed by atoms with Crippen LogP contribution in [0.15, 0.2) is 34.5 Å². The number of hydrogen-bond donors (Lipinski definition) is 3. The number of amidine groups is 2. The van der Waals surface area contributed by atoms with Gasteiger partial charge in [0.05, 0.1) is 31.0 Å². The van der Waals surface area contributed by atoms with Crippen LogP contribution in [0, 0.1) is 0 Å². The van der Waals surface area contributed by atoms with E-state index in [1.54, 1.807) is 19.1 Å². The normalized spacial score (nSPS) is 21.8. The Morgan fingerprint density at radius 1 is 1.03 bits per heavy atom. The Bertz CT molecular complexity index is 1060. The van der Waals surface area contributed by atoms with E-state index in [1.165, 1.54) is 19.2 Å². The molecule has 0 saturated carbocycles. The van der Waals surface area contributed by atoms with Crippen molar-refractivity contribution >= 4 is 69.2 Å². The molecule has 3 N–H and O–H groups in total. The summed E-state index contributed by atoms with van der Waals surface area (Å²) in [4.78, 5) is 59.4. The summed E-state index contributed by atoms with van der Waals surface area (Å²) in [6.45, 7) is 1.97. The Kier molecular flexibility index (Phi) is 8.65. The van der Waals surface area contributed by atoms with Crippen molar-refractivity contribution in [2.75, 3.05) is 19.0 Å². The highest BCUT2D eigenvalue weighted by Crippen LogP contribution is 2.25. The summed E-state index contributed by atoms with van der Waals surface area (Å²) >= 11 is 1.91. The van der Waals surface area contributed by atoms with Gasteiger partial charge in [0.25, 0.3) is 5.24 Å². The van der Waals surface area contributed by atoms with Crippen molar-refractivity contribution in [2.24, 2.45) is 10.2 Å². The van der Waals surface area contributed by atoms with E-state index in [-0.39, 0.29) is 35.7 Å². The smallest absolute Gasteiger partial charge is 0.338 e. The first-order chi connectivity index (χ1) is 16.3. The number of amides is 3. The molecule has 2 heterocycles. The molecule has 3 rings (SSSR count). The van der Waals surface area contributed by atoms with Crippen LogP contribution in [0.5, 0.6) is 0 Å². The Hall–Kier alpha value is -3.39. The number of esters is 2. The fourth-order valence-electron chi connectivity index (χ4n) is 2.83. The molecule has 2 fully saturated rings. The first-order valence-corrected chi connectivity index (χ1v) is 11.8. The summed E-state index contributed by atoms with van der Waals surface area (Å²) in [7, 11) is 1.24. The Labute approximate surface area is 202 Å². The molecule has 0 aromatic heterocycles. The molecule has 2 atom stereocenters. The summed E-state index contributed by atoms with van der Waals surface area (Å²) < 4.78 is 9.51. The lowest BCUT2D eigenvalue weighted by Crippen LogP contribution is -2.28. The molecular weight excluding hydrogens is 486 g/mol. The Morgan fingerprint density at radius 3 is 2.44 bits per heavy atom. The highest BCUT2D eigenvalue weighted by atomic mass is 32.2. The zero-order valence-corrected chi connectivity index (χ0v) is 19.8. The van der Waals surface area contributed by atoms with Crippen LogP contribution in [0.3, 0.4) is 0 Å². The van der Waals surface area contributed by atoms with E-state index in [0.29, 0.717) is 11.3 Å². The van der Waals surface area contributed by atoms with Crippen molar-refractivity contribution in [3.63, 3.8) is 0 Å². The maximum Gasteiger partial charge on any atom is 0.338 e. The predicted octanol–water partition coefficient (Wildman–Crippen LogP) is 1.48. The number of nitrogens with zero attached hydrogens (tertiary/aromatic N) is 2. The second-order valence-electron chi connectivity index (χ2n) is 6.84. The summed E-state index contributed by atoms with van der Waals surface area (Å²) in [6.07, 6.45) is -0.185. The van der Waals surface area contributed by atoms with Crippen molar-refractivity contribution < 1.29 is 33.4 Å². The van der Waals surface area contributed by atoms with E-state index in [1.807, 2.05) is 0 Å². The van der Waals surface area contributed by atoms with E-state index in [4.69, 9.17) is 4.74 Å². The number of benzene rings is 1. The maximum atomic E-state index is 12.4. The fourth-order valence-corrected chi connectivity index (χ4v) is 4.61. The minimum Gasteiger partial charge on any atom is -0.469 e. The Morgan fingerprint density at radius 2 is 1.76 bits per heavy atom. The third kappa shape index (κ3) is 6.81. The molecular formula is C20H21N5O7S2. The first-order valence-electron chi connectivity index (χ1n) is 10.0. The largest absolute Gasteiger partial charge is 0.469 e. The number of rotatable bonds is 8. The van der Waals surface area contributed by atoms with E-state index < -0.39 is 34.3 Å². The average Bonchev–Trinajstić information content (AvgIpc) is 3.33. The number of carbonyl (C=O) groups is 5. The SMILES string of the molecule is CCOC(=O)c1ccc(NC(=O)C[C@@H]2S/C(=N\N=C3/NC(=O)S[C@H]3CC(=O)OC)NC2=O)cc1.